The number of methoxy groups -OCH3 is 1. The molecule has 50 heavy (non-hydrogen) atoms. The Hall–Kier alpha value is -4.79. The zero-order valence-electron chi connectivity index (χ0n) is 28.6. The molecule has 0 aliphatic carbocycles. The van der Waals surface area contributed by atoms with Gasteiger partial charge in [0.2, 0.25) is 5.88 Å². The standard InChI is InChI=1S/C39H40F2N6O3/c1-7-27-29(40)9-8-24-12-26(48)13-28(30(24)27)33-32(41)34-31(36(42-33)49-6)35(46-18-25-10-11-39(19-46,45-25)21(2)3)44-37(43-34)50-20-38-14-22(4)16-47(38)17-23(5)15-38/h1,8-9,12-13,21,25,45,48H,4-5,10-11,14-20H2,2-3,6H3. The number of nitrogens with one attached hydrogen (secondary N) is 1. The van der Waals surface area contributed by atoms with Gasteiger partial charge < -0.3 is 24.8 Å². The summed E-state index contributed by atoms with van der Waals surface area (Å²) in [7, 11) is 1.45. The molecule has 8 rings (SSSR count). The molecule has 2 aromatic heterocycles. The highest BCUT2D eigenvalue weighted by molar-refractivity contribution is 6.04. The van der Waals surface area contributed by atoms with E-state index in [2.05, 4.69) is 53.0 Å². The van der Waals surface area contributed by atoms with E-state index in [-0.39, 0.29) is 69.1 Å². The minimum absolute atomic E-state index is 0.0237. The molecule has 2 unspecified atom stereocenters. The van der Waals surface area contributed by atoms with Crippen LogP contribution in [0.3, 0.4) is 0 Å². The molecule has 9 nitrogen and oxygen atoms in total. The first-order valence-corrected chi connectivity index (χ1v) is 17.1. The number of fused-ring (bicyclic) bond motifs is 5. The molecule has 4 fully saturated rings. The number of rotatable bonds is 7. The molecule has 2 N–H and O–H groups in total. The predicted molar refractivity (Wildman–Crippen MR) is 190 cm³/mol. The van der Waals surface area contributed by atoms with Crippen molar-refractivity contribution < 1.29 is 23.4 Å². The van der Waals surface area contributed by atoms with E-state index in [0.717, 1.165) is 49.9 Å². The second kappa shape index (κ2) is 11.6. The smallest absolute Gasteiger partial charge is 0.319 e. The average Bonchev–Trinajstić information content (AvgIpc) is 3.68. The minimum Gasteiger partial charge on any atom is -0.508 e. The van der Waals surface area contributed by atoms with Crippen molar-refractivity contribution in [2.45, 2.75) is 56.7 Å². The van der Waals surface area contributed by atoms with E-state index in [0.29, 0.717) is 35.6 Å². The number of hydrogen-bond donors (Lipinski definition) is 2. The number of piperazine rings is 1. The summed E-state index contributed by atoms with van der Waals surface area (Å²) in [5.74, 6) is 1.68. The molecule has 6 heterocycles. The van der Waals surface area contributed by atoms with E-state index in [1.807, 2.05) is 0 Å². The molecule has 0 amide bonds. The maximum absolute atomic E-state index is 17.3. The summed E-state index contributed by atoms with van der Waals surface area (Å²) in [4.78, 5) is 18.8. The third-order valence-corrected chi connectivity index (χ3v) is 11.2. The molecular formula is C39H40F2N6O3. The van der Waals surface area contributed by atoms with Crippen molar-refractivity contribution in [3.05, 3.63) is 65.8 Å². The third-order valence-electron chi connectivity index (χ3n) is 11.2. The summed E-state index contributed by atoms with van der Waals surface area (Å²) in [5.41, 5.74) is 1.57. The Morgan fingerprint density at radius 1 is 1.12 bits per heavy atom. The highest BCUT2D eigenvalue weighted by atomic mass is 19.1. The van der Waals surface area contributed by atoms with Gasteiger partial charge in [0.1, 0.15) is 40.6 Å². The van der Waals surface area contributed by atoms with E-state index < -0.39 is 11.6 Å². The molecule has 4 aliphatic rings. The molecule has 2 bridgehead atoms. The van der Waals surface area contributed by atoms with Gasteiger partial charge >= 0.3 is 6.01 Å². The largest absolute Gasteiger partial charge is 0.508 e. The fourth-order valence-electron chi connectivity index (χ4n) is 8.84. The van der Waals surface area contributed by atoms with E-state index in [9.17, 15) is 5.11 Å². The lowest BCUT2D eigenvalue weighted by atomic mass is 9.84. The lowest BCUT2D eigenvalue weighted by Crippen LogP contribution is -2.62. The quantitative estimate of drug-likeness (QED) is 0.177. The molecule has 2 atom stereocenters. The summed E-state index contributed by atoms with van der Waals surface area (Å²) in [6, 6.07) is 5.73. The second-order valence-corrected chi connectivity index (χ2v) is 14.8. The average molecular weight is 679 g/mol. The van der Waals surface area contributed by atoms with Crippen molar-refractivity contribution in [3.63, 3.8) is 0 Å². The van der Waals surface area contributed by atoms with Crippen LogP contribution >= 0.6 is 0 Å². The SMILES string of the molecule is C#Cc1c(F)ccc2cc(O)cc(-c3nc(OC)c4c(N5CC6CCC(C(C)C)(C5)N6)nc(OCC56CC(=C)CN5CC(=C)C6)nc4c3F)c12. The van der Waals surface area contributed by atoms with Gasteiger partial charge in [-0.2, -0.15) is 9.97 Å². The summed E-state index contributed by atoms with van der Waals surface area (Å²) >= 11 is 0. The molecule has 4 aromatic rings. The first-order valence-electron chi connectivity index (χ1n) is 17.1. The maximum Gasteiger partial charge on any atom is 0.319 e. The fraction of sp³-hybridized carbons (Fsp3) is 0.410. The van der Waals surface area contributed by atoms with Gasteiger partial charge in [-0.25, -0.2) is 13.8 Å². The number of benzene rings is 2. The van der Waals surface area contributed by atoms with Gasteiger partial charge in [0.05, 0.1) is 18.2 Å². The lowest BCUT2D eigenvalue weighted by Gasteiger charge is -2.44. The Morgan fingerprint density at radius 3 is 2.58 bits per heavy atom. The number of hydrogen-bond acceptors (Lipinski definition) is 9. The first kappa shape index (κ1) is 32.4. The van der Waals surface area contributed by atoms with Gasteiger partial charge in [0, 0.05) is 48.7 Å². The van der Waals surface area contributed by atoms with E-state index in [1.165, 1.54) is 31.4 Å². The zero-order chi connectivity index (χ0) is 35.1. The number of nitrogens with zero attached hydrogens (tertiary/aromatic N) is 5. The molecule has 0 radical (unpaired) electrons. The first-order chi connectivity index (χ1) is 23.9. The summed E-state index contributed by atoms with van der Waals surface area (Å²) in [5, 5.41) is 15.5. The lowest BCUT2D eigenvalue weighted by molar-refractivity contribution is 0.108. The Labute approximate surface area is 290 Å². The number of terminal acetylenes is 1. The highest BCUT2D eigenvalue weighted by Crippen LogP contribution is 2.46. The van der Waals surface area contributed by atoms with Crippen LogP contribution < -0.4 is 19.7 Å². The van der Waals surface area contributed by atoms with Crippen LogP contribution in [0.1, 0.15) is 45.1 Å². The minimum atomic E-state index is -0.798. The van der Waals surface area contributed by atoms with Crippen LogP contribution in [-0.4, -0.2) is 82.0 Å². The zero-order valence-corrected chi connectivity index (χ0v) is 28.6. The summed E-state index contributed by atoms with van der Waals surface area (Å²) in [6.07, 6.45) is 9.30. The summed E-state index contributed by atoms with van der Waals surface area (Å²) < 4.78 is 44.6. The van der Waals surface area contributed by atoms with Crippen LogP contribution in [0.25, 0.3) is 32.9 Å². The topological polar surface area (TPSA) is 95.9 Å². The normalized spacial score (nSPS) is 22.9. The highest BCUT2D eigenvalue weighted by Gasteiger charge is 2.49. The Bertz CT molecular complexity index is 2140. The van der Waals surface area contributed by atoms with Gasteiger partial charge in [0.25, 0.3) is 0 Å². The van der Waals surface area contributed by atoms with E-state index >= 15 is 8.78 Å². The van der Waals surface area contributed by atoms with Crippen LogP contribution in [0.4, 0.5) is 14.6 Å². The van der Waals surface area contributed by atoms with Crippen LogP contribution in [0.5, 0.6) is 17.6 Å². The molecule has 0 spiro atoms. The van der Waals surface area contributed by atoms with Crippen molar-refractivity contribution >= 4 is 27.5 Å². The monoisotopic (exact) mass is 678 g/mol. The maximum atomic E-state index is 17.3. The van der Waals surface area contributed by atoms with Gasteiger partial charge in [-0.15, -0.1) is 6.42 Å². The van der Waals surface area contributed by atoms with Crippen LogP contribution in [-0.2, 0) is 0 Å². The second-order valence-electron chi connectivity index (χ2n) is 14.8. The van der Waals surface area contributed by atoms with Crippen molar-refractivity contribution in [2.24, 2.45) is 5.92 Å². The van der Waals surface area contributed by atoms with Gasteiger partial charge in [-0.05, 0) is 55.2 Å². The number of halogens is 2. The van der Waals surface area contributed by atoms with Gasteiger partial charge in [-0.3, -0.25) is 4.90 Å². The number of aromatic hydroxyl groups is 1. The molecule has 4 aliphatic heterocycles. The van der Waals surface area contributed by atoms with E-state index in [1.54, 1.807) is 0 Å². The number of phenols is 1. The van der Waals surface area contributed by atoms with Gasteiger partial charge in [0.15, 0.2) is 5.82 Å². The fourth-order valence-corrected chi connectivity index (χ4v) is 8.84. The number of phenolic OH excluding ortho intramolecular Hbond substituents is 1. The number of aromatic nitrogens is 3. The number of anilines is 1. The van der Waals surface area contributed by atoms with Crippen molar-refractivity contribution in [2.75, 3.05) is 44.8 Å². The summed E-state index contributed by atoms with van der Waals surface area (Å²) in [6.45, 7) is 16.0. The predicted octanol–water partition coefficient (Wildman–Crippen LogP) is 6.12. The number of pyridine rings is 1. The number of ether oxygens (including phenoxy) is 2. The van der Waals surface area contributed by atoms with Crippen molar-refractivity contribution in [3.8, 4) is 41.2 Å². The molecule has 11 heteroatoms. The molecular weight excluding hydrogens is 638 g/mol. The molecule has 4 saturated heterocycles. The van der Waals surface area contributed by atoms with Crippen LogP contribution in [0, 0.1) is 29.9 Å². The molecule has 2 aromatic carbocycles. The molecule has 258 valence electrons. The van der Waals surface area contributed by atoms with E-state index in [4.69, 9.17) is 25.9 Å². The van der Waals surface area contributed by atoms with Crippen LogP contribution in [0.15, 0.2) is 48.6 Å². The Balaban J connectivity index is 1.33. The molecule has 0 saturated carbocycles. The Morgan fingerprint density at radius 2 is 1.88 bits per heavy atom. The van der Waals surface area contributed by atoms with Crippen LogP contribution in [0.2, 0.25) is 0 Å². The Kier molecular flexibility index (Phi) is 7.55. The van der Waals surface area contributed by atoms with Gasteiger partial charge in [-0.1, -0.05) is 50.1 Å². The third kappa shape index (κ3) is 4.99. The van der Waals surface area contributed by atoms with Crippen molar-refractivity contribution in [1.82, 2.24) is 25.2 Å². The van der Waals surface area contributed by atoms with Crippen molar-refractivity contribution in [1.29, 1.82) is 0 Å².